The van der Waals surface area contributed by atoms with Crippen molar-refractivity contribution in [3.8, 4) is 0 Å². The summed E-state index contributed by atoms with van der Waals surface area (Å²) in [6.45, 7) is 0.629. The maximum absolute atomic E-state index is 13.0. The highest BCUT2D eigenvalue weighted by atomic mass is 32.2. The molecule has 11 nitrogen and oxygen atoms in total. The number of fused-ring (bicyclic) bond motifs is 1. The number of carbonyl (C=O) groups is 2. The molecule has 1 atom stereocenters. The Morgan fingerprint density at radius 3 is 2.54 bits per heavy atom. The van der Waals surface area contributed by atoms with Crippen molar-refractivity contribution >= 4 is 21.9 Å². The Morgan fingerprint density at radius 2 is 1.94 bits per heavy atom. The summed E-state index contributed by atoms with van der Waals surface area (Å²) in [5.41, 5.74) is 0.738. The van der Waals surface area contributed by atoms with Gasteiger partial charge in [-0.2, -0.15) is 22.6 Å². The Labute approximate surface area is 197 Å². The molecule has 1 unspecified atom stereocenters. The molecule has 15 heteroatoms. The first kappa shape index (κ1) is 25.9. The van der Waals surface area contributed by atoms with Gasteiger partial charge in [-0.3, -0.25) is 14.5 Å². The minimum atomic E-state index is -5.08. The van der Waals surface area contributed by atoms with Crippen LogP contribution < -0.4 is 5.32 Å². The summed E-state index contributed by atoms with van der Waals surface area (Å²) >= 11 is 0. The number of alkyl halides is 3. The Bertz CT molecular complexity index is 1250. The number of amides is 1. The lowest BCUT2D eigenvalue weighted by atomic mass is 10.1. The van der Waals surface area contributed by atoms with Gasteiger partial charge < -0.3 is 14.8 Å². The molecule has 4 heterocycles. The Morgan fingerprint density at radius 1 is 1.20 bits per heavy atom. The fraction of sp³-hybridized carbons (Fsp3) is 0.300. The zero-order valence-electron chi connectivity index (χ0n) is 17.9. The topological polar surface area (TPSA) is 148 Å². The van der Waals surface area contributed by atoms with Crippen molar-refractivity contribution in [3.05, 3.63) is 66.6 Å². The predicted octanol–water partition coefficient (Wildman–Crippen LogP) is 1.96. The van der Waals surface area contributed by atoms with Crippen molar-refractivity contribution in [3.63, 3.8) is 0 Å². The average molecular weight is 515 g/mol. The van der Waals surface area contributed by atoms with Crippen LogP contribution in [-0.2, 0) is 32.7 Å². The second-order valence-electron chi connectivity index (χ2n) is 7.27. The normalized spacial score (nSPS) is 16.0. The molecule has 0 aromatic carbocycles. The van der Waals surface area contributed by atoms with Crippen molar-refractivity contribution in [1.29, 1.82) is 0 Å². The number of hydrogen-bond acceptors (Lipinski definition) is 7. The van der Waals surface area contributed by atoms with E-state index in [-0.39, 0.29) is 36.9 Å². The number of hydrogen-bond donors (Lipinski definition) is 2. The number of sulfonamides is 1. The molecule has 0 fully saturated rings. The summed E-state index contributed by atoms with van der Waals surface area (Å²) in [7, 11) is -3.72. The highest BCUT2D eigenvalue weighted by Gasteiger charge is 2.38. The zero-order valence-corrected chi connectivity index (χ0v) is 18.7. The molecule has 0 spiro atoms. The maximum Gasteiger partial charge on any atom is 0.490 e. The molecule has 0 radical (unpaired) electrons. The van der Waals surface area contributed by atoms with E-state index in [1.54, 1.807) is 41.4 Å². The molecule has 2 N–H and O–H groups in total. The monoisotopic (exact) mass is 515 g/mol. The van der Waals surface area contributed by atoms with Crippen molar-refractivity contribution in [2.45, 2.75) is 36.6 Å². The van der Waals surface area contributed by atoms with Crippen LogP contribution in [0.4, 0.5) is 13.2 Å². The second kappa shape index (κ2) is 10.7. The van der Waals surface area contributed by atoms with E-state index in [1.807, 2.05) is 0 Å². The molecule has 4 rings (SSSR count). The molecule has 1 amide bonds. The molecule has 188 valence electrons. The third-order valence-electron chi connectivity index (χ3n) is 4.83. The SMILES string of the molecule is O=C(CC1CN(S(=O)(=O)c2cccnc2)Cc2ccnn21)NCc1ccco1.O=C(O)C(F)(F)F. The van der Waals surface area contributed by atoms with E-state index in [2.05, 4.69) is 15.4 Å². The average Bonchev–Trinajstić information content (AvgIpc) is 3.50. The molecule has 0 aliphatic carbocycles. The summed E-state index contributed by atoms with van der Waals surface area (Å²) in [5, 5.41) is 14.2. The third kappa shape index (κ3) is 6.66. The van der Waals surface area contributed by atoms with Gasteiger partial charge in [-0.15, -0.1) is 0 Å². The van der Waals surface area contributed by atoms with Crippen LogP contribution in [0.15, 0.2) is 64.5 Å². The highest BCUT2D eigenvalue weighted by molar-refractivity contribution is 7.89. The number of aromatic nitrogens is 3. The molecule has 35 heavy (non-hydrogen) atoms. The van der Waals surface area contributed by atoms with Crippen molar-refractivity contribution in [2.24, 2.45) is 0 Å². The van der Waals surface area contributed by atoms with Crippen molar-refractivity contribution < 1.29 is 40.7 Å². The number of furan rings is 1. The van der Waals surface area contributed by atoms with Crippen LogP contribution in [0.1, 0.15) is 23.9 Å². The lowest BCUT2D eigenvalue weighted by molar-refractivity contribution is -0.192. The number of carboxylic acid groups (broad SMARTS) is 1. The summed E-state index contributed by atoms with van der Waals surface area (Å²) in [5.74, 6) is -2.31. The third-order valence-corrected chi connectivity index (χ3v) is 6.62. The van der Waals surface area contributed by atoms with Crippen LogP contribution in [0.25, 0.3) is 0 Å². The largest absolute Gasteiger partial charge is 0.490 e. The Kier molecular flexibility index (Phi) is 7.91. The van der Waals surface area contributed by atoms with Crippen LogP contribution in [0.3, 0.4) is 0 Å². The molecule has 3 aromatic rings. The molecular weight excluding hydrogens is 495 g/mol. The number of rotatable bonds is 6. The zero-order chi connectivity index (χ0) is 25.6. The van der Waals surface area contributed by atoms with Crippen LogP contribution >= 0.6 is 0 Å². The summed E-state index contributed by atoms with van der Waals surface area (Å²) in [6.07, 6.45) is 1.03. The van der Waals surface area contributed by atoms with E-state index in [4.69, 9.17) is 14.3 Å². The number of nitrogens with zero attached hydrogens (tertiary/aromatic N) is 4. The van der Waals surface area contributed by atoms with Gasteiger partial charge in [-0.1, -0.05) is 0 Å². The highest BCUT2D eigenvalue weighted by Crippen LogP contribution is 2.27. The van der Waals surface area contributed by atoms with Crippen LogP contribution in [0.5, 0.6) is 0 Å². The predicted molar refractivity (Wildman–Crippen MR) is 112 cm³/mol. The fourth-order valence-corrected chi connectivity index (χ4v) is 4.63. The number of carbonyl (C=O) groups excluding carboxylic acids is 1. The van der Waals surface area contributed by atoms with Gasteiger partial charge in [-0.05, 0) is 30.3 Å². The fourth-order valence-electron chi connectivity index (χ4n) is 3.22. The smallest absolute Gasteiger partial charge is 0.475 e. The maximum atomic E-state index is 13.0. The molecule has 0 saturated heterocycles. The Hall–Kier alpha value is -3.72. The molecule has 1 aliphatic rings. The van der Waals surface area contributed by atoms with Crippen LogP contribution in [0, 0.1) is 0 Å². The van der Waals surface area contributed by atoms with Gasteiger partial charge in [0.05, 0.1) is 37.5 Å². The van der Waals surface area contributed by atoms with Crippen molar-refractivity contribution in [2.75, 3.05) is 6.54 Å². The first-order valence-electron chi connectivity index (χ1n) is 10.00. The lowest BCUT2D eigenvalue weighted by Gasteiger charge is -2.32. The van der Waals surface area contributed by atoms with Gasteiger partial charge in [0.2, 0.25) is 15.9 Å². The van der Waals surface area contributed by atoms with E-state index in [0.29, 0.717) is 5.76 Å². The first-order chi connectivity index (χ1) is 16.5. The van der Waals surface area contributed by atoms with Gasteiger partial charge in [0, 0.05) is 25.1 Å². The number of pyridine rings is 1. The van der Waals surface area contributed by atoms with Crippen molar-refractivity contribution in [1.82, 2.24) is 24.4 Å². The van der Waals surface area contributed by atoms with E-state index in [9.17, 15) is 26.4 Å². The lowest BCUT2D eigenvalue weighted by Crippen LogP contribution is -2.42. The van der Waals surface area contributed by atoms with E-state index >= 15 is 0 Å². The van der Waals surface area contributed by atoms with E-state index in [0.717, 1.165) is 5.69 Å². The Balaban J connectivity index is 0.000000429. The summed E-state index contributed by atoms with van der Waals surface area (Å²) in [6, 6.07) is 7.98. The molecular formula is C20H20F3N5O6S. The first-order valence-corrected chi connectivity index (χ1v) is 11.4. The molecule has 0 bridgehead atoms. The van der Waals surface area contributed by atoms with E-state index in [1.165, 1.54) is 22.8 Å². The quantitative estimate of drug-likeness (QED) is 0.506. The molecule has 0 saturated carbocycles. The van der Waals surface area contributed by atoms with Gasteiger partial charge in [-0.25, -0.2) is 13.2 Å². The molecule has 3 aromatic heterocycles. The van der Waals surface area contributed by atoms with Crippen LogP contribution in [-0.4, -0.2) is 57.2 Å². The minimum Gasteiger partial charge on any atom is -0.475 e. The van der Waals surface area contributed by atoms with Gasteiger partial charge in [0.25, 0.3) is 0 Å². The standard InChI is InChI=1S/C18H19N5O4S.C2HF3O2/c24-18(20-10-16-3-2-8-27-16)9-15-13-22(12-14-5-7-21-23(14)15)28(25,26)17-4-1-6-19-11-17;3-2(4,5)1(6)7/h1-8,11,15H,9-10,12-13H2,(H,20,24);(H,6,7). The summed E-state index contributed by atoms with van der Waals surface area (Å²) in [4.78, 5) is 25.3. The minimum absolute atomic E-state index is 0.106. The van der Waals surface area contributed by atoms with E-state index < -0.39 is 28.2 Å². The number of halogens is 3. The molecule has 1 aliphatic heterocycles. The van der Waals surface area contributed by atoms with Crippen LogP contribution in [0.2, 0.25) is 0 Å². The number of nitrogens with one attached hydrogen (secondary N) is 1. The summed E-state index contributed by atoms with van der Waals surface area (Å²) < 4.78 is 66.0. The number of carboxylic acids is 1. The van der Waals surface area contributed by atoms with Gasteiger partial charge in [0.15, 0.2) is 0 Å². The van der Waals surface area contributed by atoms with Gasteiger partial charge >= 0.3 is 12.1 Å². The second-order valence-corrected chi connectivity index (χ2v) is 9.21. The number of aliphatic carboxylic acids is 1. The van der Waals surface area contributed by atoms with Gasteiger partial charge in [0.1, 0.15) is 10.7 Å².